The Kier molecular flexibility index (Phi) is 5.34. The Bertz CT molecular complexity index is 1290. The number of nitrogens with zero attached hydrogens (tertiary/aromatic N) is 2. The summed E-state index contributed by atoms with van der Waals surface area (Å²) in [6.45, 7) is 0.662. The minimum Gasteiger partial charge on any atom is -0.486 e. The summed E-state index contributed by atoms with van der Waals surface area (Å²) in [5, 5.41) is 1.15. The third-order valence-electron chi connectivity index (χ3n) is 5.06. The van der Waals surface area contributed by atoms with Gasteiger partial charge >= 0.3 is 0 Å². The lowest BCUT2D eigenvalue weighted by atomic mass is 10.2. The lowest BCUT2D eigenvalue weighted by Gasteiger charge is -2.27. The van der Waals surface area contributed by atoms with Crippen molar-refractivity contribution < 1.29 is 13.9 Å². The van der Waals surface area contributed by atoms with Crippen molar-refractivity contribution >= 4 is 22.7 Å². The van der Waals surface area contributed by atoms with Crippen LogP contribution in [0.5, 0.6) is 11.5 Å². The van der Waals surface area contributed by atoms with E-state index in [0.29, 0.717) is 46.5 Å². The second-order valence-electron chi connectivity index (χ2n) is 7.24. The van der Waals surface area contributed by atoms with Gasteiger partial charge in [-0.15, -0.1) is 0 Å². The van der Waals surface area contributed by atoms with Crippen LogP contribution in [0.25, 0.3) is 10.9 Å². The molecule has 5 rings (SSSR count). The van der Waals surface area contributed by atoms with Crippen LogP contribution in [0.3, 0.4) is 0 Å². The van der Waals surface area contributed by atoms with Crippen molar-refractivity contribution in [3.05, 3.63) is 94.5 Å². The quantitative estimate of drug-likeness (QED) is 0.338. The fourth-order valence-corrected chi connectivity index (χ4v) is 4.47. The van der Waals surface area contributed by atoms with Crippen molar-refractivity contribution in [2.45, 2.75) is 23.6 Å². The first-order valence-electron chi connectivity index (χ1n) is 9.93. The monoisotopic (exact) mass is 434 g/mol. The van der Waals surface area contributed by atoms with Crippen molar-refractivity contribution in [3.63, 3.8) is 0 Å². The molecule has 1 aromatic heterocycles. The fourth-order valence-electron chi connectivity index (χ4n) is 3.50. The molecule has 1 aliphatic rings. The molecule has 5 nitrogen and oxygen atoms in total. The first-order valence-corrected chi connectivity index (χ1v) is 10.9. The van der Waals surface area contributed by atoms with Gasteiger partial charge in [0.2, 0.25) is 0 Å². The molecule has 0 fully saturated rings. The minimum atomic E-state index is -0.319. The summed E-state index contributed by atoms with van der Waals surface area (Å²) in [5.41, 5.74) is 1.48. The molecule has 0 spiro atoms. The molecule has 1 unspecified atom stereocenters. The molecule has 2 heterocycles. The first-order chi connectivity index (χ1) is 15.2. The Labute approximate surface area is 182 Å². The van der Waals surface area contributed by atoms with E-state index in [-0.39, 0.29) is 17.5 Å². The zero-order chi connectivity index (χ0) is 21.2. The van der Waals surface area contributed by atoms with Crippen LogP contribution in [-0.2, 0) is 12.3 Å². The highest BCUT2D eigenvalue weighted by atomic mass is 32.2. The third-order valence-corrected chi connectivity index (χ3v) is 6.11. The number of fused-ring (bicyclic) bond motifs is 2. The van der Waals surface area contributed by atoms with E-state index in [9.17, 15) is 9.18 Å². The van der Waals surface area contributed by atoms with E-state index in [1.54, 1.807) is 22.8 Å². The Morgan fingerprint density at radius 1 is 1.00 bits per heavy atom. The number of hydrogen-bond donors (Lipinski definition) is 0. The van der Waals surface area contributed by atoms with Gasteiger partial charge in [-0.2, -0.15) is 0 Å². The molecular weight excluding hydrogens is 415 g/mol. The second kappa shape index (κ2) is 8.43. The van der Waals surface area contributed by atoms with Gasteiger partial charge in [-0.05, 0) is 42.0 Å². The zero-order valence-corrected chi connectivity index (χ0v) is 17.3. The third kappa shape index (κ3) is 4.14. The molecule has 1 atom stereocenters. The molecule has 0 amide bonds. The smallest absolute Gasteiger partial charge is 0.262 e. The molecule has 0 bridgehead atoms. The van der Waals surface area contributed by atoms with Crippen LogP contribution in [0.2, 0.25) is 0 Å². The number of rotatable bonds is 5. The van der Waals surface area contributed by atoms with Crippen molar-refractivity contribution in [3.8, 4) is 11.5 Å². The predicted octanol–water partition coefficient (Wildman–Crippen LogP) is 4.67. The first kappa shape index (κ1) is 19.6. The summed E-state index contributed by atoms with van der Waals surface area (Å²) in [7, 11) is 0. The maximum absolute atomic E-state index is 13.3. The van der Waals surface area contributed by atoms with E-state index in [2.05, 4.69) is 0 Å². The lowest BCUT2D eigenvalue weighted by molar-refractivity contribution is 0.0757. The van der Waals surface area contributed by atoms with Crippen LogP contribution >= 0.6 is 11.8 Å². The van der Waals surface area contributed by atoms with Crippen LogP contribution in [0.1, 0.15) is 5.56 Å². The summed E-state index contributed by atoms with van der Waals surface area (Å²) in [6.07, 6.45) is -0.319. The van der Waals surface area contributed by atoms with Crippen molar-refractivity contribution in [1.29, 1.82) is 0 Å². The molecule has 0 N–H and O–H groups in total. The molecule has 0 radical (unpaired) electrons. The molecule has 156 valence electrons. The fraction of sp³-hybridized carbons (Fsp3) is 0.167. The van der Waals surface area contributed by atoms with Gasteiger partial charge < -0.3 is 9.47 Å². The number of aromatic nitrogens is 2. The van der Waals surface area contributed by atoms with Gasteiger partial charge in [0.1, 0.15) is 12.4 Å². The SMILES string of the molecule is O=c1c2ccccc2nc(SCc2ccc(F)cc2)n1CC1COc2ccccc2O1. The predicted molar refractivity (Wildman–Crippen MR) is 118 cm³/mol. The van der Waals surface area contributed by atoms with Gasteiger partial charge in [0.25, 0.3) is 5.56 Å². The van der Waals surface area contributed by atoms with E-state index in [1.165, 1.54) is 23.9 Å². The van der Waals surface area contributed by atoms with E-state index in [4.69, 9.17) is 14.5 Å². The van der Waals surface area contributed by atoms with Crippen LogP contribution < -0.4 is 15.0 Å². The van der Waals surface area contributed by atoms with Crippen molar-refractivity contribution in [1.82, 2.24) is 9.55 Å². The molecule has 0 aliphatic carbocycles. The van der Waals surface area contributed by atoms with Gasteiger partial charge in [0.05, 0.1) is 17.4 Å². The van der Waals surface area contributed by atoms with Gasteiger partial charge in [-0.3, -0.25) is 9.36 Å². The molecule has 7 heteroatoms. The van der Waals surface area contributed by atoms with Crippen LogP contribution in [0.4, 0.5) is 4.39 Å². The van der Waals surface area contributed by atoms with Gasteiger partial charge in [-0.1, -0.05) is 48.2 Å². The summed E-state index contributed by atoms with van der Waals surface area (Å²) in [6, 6.07) is 21.1. The van der Waals surface area contributed by atoms with Crippen molar-refractivity contribution in [2.75, 3.05) is 6.61 Å². The zero-order valence-electron chi connectivity index (χ0n) is 16.5. The number of benzene rings is 3. The largest absolute Gasteiger partial charge is 0.486 e. The van der Waals surface area contributed by atoms with Crippen molar-refractivity contribution in [2.24, 2.45) is 0 Å². The Morgan fingerprint density at radius 3 is 2.58 bits per heavy atom. The second-order valence-corrected chi connectivity index (χ2v) is 8.18. The van der Waals surface area contributed by atoms with E-state index < -0.39 is 0 Å². The summed E-state index contributed by atoms with van der Waals surface area (Å²) in [5.74, 6) is 1.66. The Hall–Kier alpha value is -3.32. The highest BCUT2D eigenvalue weighted by molar-refractivity contribution is 7.98. The summed E-state index contributed by atoms with van der Waals surface area (Å²) >= 11 is 1.44. The average molecular weight is 434 g/mol. The summed E-state index contributed by atoms with van der Waals surface area (Å²) in [4.78, 5) is 18.0. The van der Waals surface area contributed by atoms with Crippen LogP contribution in [-0.4, -0.2) is 22.3 Å². The lowest BCUT2D eigenvalue weighted by Crippen LogP contribution is -2.37. The number of para-hydroxylation sites is 3. The number of ether oxygens (including phenoxy) is 2. The molecule has 0 saturated carbocycles. The molecule has 4 aromatic rings. The maximum Gasteiger partial charge on any atom is 0.262 e. The molecule has 3 aromatic carbocycles. The topological polar surface area (TPSA) is 53.4 Å². The van der Waals surface area contributed by atoms with E-state index in [1.807, 2.05) is 42.5 Å². The molecule has 0 saturated heterocycles. The Morgan fingerprint density at radius 2 is 1.74 bits per heavy atom. The molecule has 1 aliphatic heterocycles. The highest BCUT2D eigenvalue weighted by Crippen LogP contribution is 2.31. The van der Waals surface area contributed by atoms with Crippen LogP contribution in [0.15, 0.2) is 82.7 Å². The Balaban J connectivity index is 1.46. The number of thioether (sulfide) groups is 1. The number of halogens is 1. The van der Waals surface area contributed by atoms with Gasteiger partial charge in [0, 0.05) is 5.75 Å². The molecule has 31 heavy (non-hydrogen) atoms. The van der Waals surface area contributed by atoms with E-state index in [0.717, 1.165) is 5.56 Å². The summed E-state index contributed by atoms with van der Waals surface area (Å²) < 4.78 is 26.8. The van der Waals surface area contributed by atoms with Gasteiger partial charge in [0.15, 0.2) is 22.8 Å². The standard InChI is InChI=1S/C24H19FN2O3S/c25-17-11-9-16(10-12-17)15-31-24-26-20-6-2-1-5-19(20)23(28)27(24)13-18-14-29-21-7-3-4-8-22(21)30-18/h1-12,18H,13-15H2. The molecular formula is C24H19FN2O3S. The highest BCUT2D eigenvalue weighted by Gasteiger charge is 2.23. The normalized spacial score (nSPS) is 15.2. The average Bonchev–Trinajstić information content (AvgIpc) is 2.81. The minimum absolute atomic E-state index is 0.116. The van der Waals surface area contributed by atoms with Crippen LogP contribution in [0, 0.1) is 5.82 Å². The van der Waals surface area contributed by atoms with E-state index >= 15 is 0 Å². The van der Waals surface area contributed by atoms with Gasteiger partial charge in [-0.25, -0.2) is 9.37 Å². The number of hydrogen-bond acceptors (Lipinski definition) is 5. The maximum atomic E-state index is 13.3.